The summed E-state index contributed by atoms with van der Waals surface area (Å²) >= 11 is 0. The largest absolute Gasteiger partial charge is 0.343 e. The van der Waals surface area contributed by atoms with Crippen molar-refractivity contribution in [3.63, 3.8) is 0 Å². The Bertz CT molecular complexity index is 506. The van der Waals surface area contributed by atoms with Crippen molar-refractivity contribution < 1.29 is 4.52 Å². The second-order valence-electron chi connectivity index (χ2n) is 3.69. The molecule has 1 saturated carbocycles. The smallest absolute Gasteiger partial charge is 0.328 e. The average molecular weight is 206 g/mol. The van der Waals surface area contributed by atoms with E-state index in [4.69, 9.17) is 0 Å². The van der Waals surface area contributed by atoms with Crippen molar-refractivity contribution in [2.24, 2.45) is 0 Å². The van der Waals surface area contributed by atoms with Gasteiger partial charge in [-0.05, 0) is 12.8 Å². The summed E-state index contributed by atoms with van der Waals surface area (Å²) in [6.07, 6.45) is 7.05. The molecule has 0 aliphatic heterocycles. The van der Waals surface area contributed by atoms with Gasteiger partial charge in [0.15, 0.2) is 5.82 Å². The minimum Gasteiger partial charge on any atom is -0.343 e. The van der Waals surface area contributed by atoms with Gasteiger partial charge in [-0.25, -0.2) is 4.79 Å². The topological polar surface area (TPSA) is 65.8 Å². The number of aromatic nitrogens is 4. The van der Waals surface area contributed by atoms with Crippen LogP contribution in [0.15, 0.2) is 28.1 Å². The monoisotopic (exact) mass is 206 g/mol. The van der Waals surface area contributed by atoms with Crippen LogP contribution in [0.25, 0.3) is 0 Å². The molecule has 0 spiro atoms. The maximum atomic E-state index is 11.8. The fraction of sp³-hybridized carbons (Fsp3) is 0.444. The van der Waals surface area contributed by atoms with E-state index in [1.807, 2.05) is 6.20 Å². The molecule has 3 rings (SSSR count). The summed E-state index contributed by atoms with van der Waals surface area (Å²) in [6.45, 7) is 0.370. The van der Waals surface area contributed by atoms with Crippen molar-refractivity contribution >= 4 is 0 Å². The zero-order valence-electron chi connectivity index (χ0n) is 8.04. The maximum absolute atomic E-state index is 11.8. The highest BCUT2D eigenvalue weighted by molar-refractivity contribution is 4.93. The summed E-state index contributed by atoms with van der Waals surface area (Å²) < 4.78 is 7.96. The van der Waals surface area contributed by atoms with Crippen LogP contribution in [0.1, 0.15) is 24.7 Å². The summed E-state index contributed by atoms with van der Waals surface area (Å²) in [4.78, 5) is 15.7. The first-order chi connectivity index (χ1) is 7.34. The Kier molecular flexibility index (Phi) is 1.74. The number of hydrogen-bond acceptors (Lipinski definition) is 4. The standard InChI is InChI=1S/C9H10N4O2/c14-9-12(5-8-10-6-15-11-8)3-4-13(9)7-1-2-7/h3-4,6-7H,1-2,5H2. The lowest BCUT2D eigenvalue weighted by molar-refractivity contribution is 0.407. The van der Waals surface area contributed by atoms with Crippen LogP contribution in [0, 0.1) is 0 Å². The van der Waals surface area contributed by atoms with Gasteiger partial charge in [0, 0.05) is 18.4 Å². The Morgan fingerprint density at radius 2 is 2.33 bits per heavy atom. The maximum Gasteiger partial charge on any atom is 0.328 e. The molecule has 1 aliphatic carbocycles. The van der Waals surface area contributed by atoms with Crippen molar-refractivity contribution in [2.45, 2.75) is 25.4 Å². The van der Waals surface area contributed by atoms with Crippen molar-refractivity contribution in [3.8, 4) is 0 Å². The molecule has 2 heterocycles. The van der Waals surface area contributed by atoms with Crippen LogP contribution in [-0.2, 0) is 6.54 Å². The van der Waals surface area contributed by atoms with Gasteiger partial charge in [-0.1, -0.05) is 5.16 Å². The molecule has 15 heavy (non-hydrogen) atoms. The third-order valence-electron chi connectivity index (χ3n) is 2.53. The van der Waals surface area contributed by atoms with Gasteiger partial charge in [0.1, 0.15) is 0 Å². The van der Waals surface area contributed by atoms with Crippen LogP contribution in [0.3, 0.4) is 0 Å². The highest BCUT2D eigenvalue weighted by atomic mass is 16.5. The number of imidazole rings is 1. The zero-order chi connectivity index (χ0) is 10.3. The molecule has 0 atom stereocenters. The molecule has 1 fully saturated rings. The van der Waals surface area contributed by atoms with Gasteiger partial charge in [-0.15, -0.1) is 0 Å². The van der Waals surface area contributed by atoms with E-state index < -0.39 is 0 Å². The van der Waals surface area contributed by atoms with E-state index in [-0.39, 0.29) is 5.69 Å². The second kappa shape index (κ2) is 3.08. The normalized spacial score (nSPS) is 15.7. The Morgan fingerprint density at radius 1 is 1.47 bits per heavy atom. The number of hydrogen-bond donors (Lipinski definition) is 0. The molecule has 0 amide bonds. The van der Waals surface area contributed by atoms with Crippen LogP contribution in [0.5, 0.6) is 0 Å². The summed E-state index contributed by atoms with van der Waals surface area (Å²) in [7, 11) is 0. The van der Waals surface area contributed by atoms with Gasteiger partial charge in [-0.3, -0.25) is 9.13 Å². The highest BCUT2D eigenvalue weighted by Crippen LogP contribution is 2.33. The van der Waals surface area contributed by atoms with Crippen LogP contribution >= 0.6 is 0 Å². The molecule has 0 aromatic carbocycles. The predicted octanol–water partition coefficient (Wildman–Crippen LogP) is 0.416. The number of nitrogens with zero attached hydrogens (tertiary/aromatic N) is 4. The lowest BCUT2D eigenvalue weighted by atomic mass is 10.6. The molecule has 0 saturated heterocycles. The molecular weight excluding hydrogens is 196 g/mol. The second-order valence-corrected chi connectivity index (χ2v) is 3.69. The van der Waals surface area contributed by atoms with Crippen molar-refractivity contribution in [2.75, 3.05) is 0 Å². The minimum atomic E-state index is 0.00213. The molecule has 0 unspecified atom stereocenters. The summed E-state index contributed by atoms with van der Waals surface area (Å²) in [5.74, 6) is 0.519. The third kappa shape index (κ3) is 1.47. The quantitative estimate of drug-likeness (QED) is 0.729. The lowest BCUT2D eigenvalue weighted by Crippen LogP contribution is -2.24. The fourth-order valence-electron chi connectivity index (χ4n) is 1.59. The van der Waals surface area contributed by atoms with Crippen LogP contribution in [0.2, 0.25) is 0 Å². The van der Waals surface area contributed by atoms with Crippen LogP contribution < -0.4 is 5.69 Å². The Labute approximate surface area is 85.1 Å². The number of rotatable bonds is 3. The van der Waals surface area contributed by atoms with Crippen molar-refractivity contribution in [3.05, 3.63) is 35.1 Å². The van der Waals surface area contributed by atoms with E-state index in [1.165, 1.54) is 6.39 Å². The van der Waals surface area contributed by atoms with Gasteiger partial charge in [0.25, 0.3) is 0 Å². The van der Waals surface area contributed by atoms with Gasteiger partial charge in [0.2, 0.25) is 6.39 Å². The summed E-state index contributed by atoms with van der Waals surface area (Å²) in [6, 6.07) is 0.406. The van der Waals surface area contributed by atoms with E-state index in [1.54, 1.807) is 15.3 Å². The summed E-state index contributed by atoms with van der Waals surface area (Å²) in [5, 5.41) is 3.67. The van der Waals surface area contributed by atoms with Gasteiger partial charge >= 0.3 is 5.69 Å². The van der Waals surface area contributed by atoms with E-state index >= 15 is 0 Å². The molecule has 0 radical (unpaired) electrons. The SMILES string of the molecule is O=c1n(Cc2ncon2)ccn1C1CC1. The van der Waals surface area contributed by atoms with Crippen LogP contribution in [0.4, 0.5) is 0 Å². The molecule has 6 heteroatoms. The molecule has 6 nitrogen and oxygen atoms in total. The predicted molar refractivity (Wildman–Crippen MR) is 50.4 cm³/mol. The van der Waals surface area contributed by atoms with E-state index in [0.717, 1.165) is 12.8 Å². The molecule has 78 valence electrons. The van der Waals surface area contributed by atoms with Crippen molar-refractivity contribution in [1.82, 2.24) is 19.3 Å². The molecular formula is C9H10N4O2. The Hall–Kier alpha value is -1.85. The van der Waals surface area contributed by atoms with Gasteiger partial charge in [-0.2, -0.15) is 4.98 Å². The van der Waals surface area contributed by atoms with Crippen molar-refractivity contribution in [1.29, 1.82) is 0 Å². The lowest BCUT2D eigenvalue weighted by Gasteiger charge is -1.96. The molecule has 1 aliphatic rings. The highest BCUT2D eigenvalue weighted by Gasteiger charge is 2.25. The van der Waals surface area contributed by atoms with E-state index in [0.29, 0.717) is 18.4 Å². The zero-order valence-corrected chi connectivity index (χ0v) is 8.04. The Balaban J connectivity index is 1.89. The van der Waals surface area contributed by atoms with Gasteiger partial charge in [0.05, 0.1) is 6.54 Å². The molecule has 2 aromatic heterocycles. The molecule has 0 bridgehead atoms. The Morgan fingerprint density at radius 3 is 3.00 bits per heavy atom. The average Bonchev–Trinajstić information content (AvgIpc) is 2.83. The summed E-state index contributed by atoms with van der Waals surface area (Å²) in [5.41, 5.74) is 0.00213. The third-order valence-corrected chi connectivity index (χ3v) is 2.53. The fourth-order valence-corrected chi connectivity index (χ4v) is 1.59. The van der Waals surface area contributed by atoms with Crippen LogP contribution in [-0.4, -0.2) is 19.3 Å². The molecule has 2 aromatic rings. The first kappa shape index (κ1) is 8.46. The van der Waals surface area contributed by atoms with E-state index in [9.17, 15) is 4.79 Å². The first-order valence-corrected chi connectivity index (χ1v) is 4.87. The van der Waals surface area contributed by atoms with Gasteiger partial charge < -0.3 is 4.52 Å². The first-order valence-electron chi connectivity index (χ1n) is 4.87. The minimum absolute atomic E-state index is 0.00213. The van der Waals surface area contributed by atoms with E-state index in [2.05, 4.69) is 14.7 Å². The molecule has 0 N–H and O–H groups in total.